The van der Waals surface area contributed by atoms with Crippen LogP contribution >= 0.6 is 11.6 Å². The molecule has 6 heteroatoms. The highest BCUT2D eigenvalue weighted by atomic mass is 35.5. The zero-order valence-electron chi connectivity index (χ0n) is 18.9. The van der Waals surface area contributed by atoms with Crippen LogP contribution in [-0.2, 0) is 4.79 Å². The predicted octanol–water partition coefficient (Wildman–Crippen LogP) is 7.09. The van der Waals surface area contributed by atoms with Crippen LogP contribution in [0.4, 0.5) is 4.39 Å². The number of carbonyl (C=O) groups excluding carboxylic acids is 1. The number of carbonyl (C=O) groups is 1. The number of nitrogens with zero attached hydrogens (tertiary/aromatic N) is 3. The van der Waals surface area contributed by atoms with Crippen LogP contribution < -0.4 is 0 Å². The van der Waals surface area contributed by atoms with Crippen molar-refractivity contribution in [3.63, 3.8) is 0 Å². The number of rotatable bonds is 4. The number of hydrogen-bond donors (Lipinski definition) is 0. The van der Waals surface area contributed by atoms with Crippen LogP contribution in [0.25, 0.3) is 22.0 Å². The van der Waals surface area contributed by atoms with Crippen molar-refractivity contribution in [2.45, 2.75) is 32.7 Å². The smallest absolute Gasteiger partial charge is 0.242 e. The summed E-state index contributed by atoms with van der Waals surface area (Å²) in [7, 11) is 0. The van der Waals surface area contributed by atoms with Gasteiger partial charge in [0.15, 0.2) is 0 Å². The molecule has 0 aliphatic carbocycles. The SMILES string of the molecule is CCC(=O)N1N=C(c2c(C)nc3ccc(Cl)cc3c2-c2ccccc2)C[C@@H]1c1ccccc1F. The third-order valence-electron chi connectivity index (χ3n) is 6.21. The van der Waals surface area contributed by atoms with E-state index in [1.54, 1.807) is 25.1 Å². The Kier molecular flexibility index (Phi) is 5.88. The van der Waals surface area contributed by atoms with E-state index in [-0.39, 0.29) is 18.1 Å². The third kappa shape index (κ3) is 3.86. The van der Waals surface area contributed by atoms with Gasteiger partial charge in [-0.05, 0) is 36.8 Å². The van der Waals surface area contributed by atoms with Crippen LogP contribution in [0.5, 0.6) is 0 Å². The van der Waals surface area contributed by atoms with Crippen LogP contribution in [-0.4, -0.2) is 21.6 Å². The number of benzene rings is 3. The summed E-state index contributed by atoms with van der Waals surface area (Å²) >= 11 is 6.38. The van der Waals surface area contributed by atoms with Crippen LogP contribution in [0.3, 0.4) is 0 Å². The summed E-state index contributed by atoms with van der Waals surface area (Å²) in [6.45, 7) is 3.73. The molecule has 1 aliphatic rings. The van der Waals surface area contributed by atoms with Crippen LogP contribution in [0.1, 0.15) is 42.6 Å². The fraction of sp³-hybridized carbons (Fsp3) is 0.179. The van der Waals surface area contributed by atoms with Gasteiger partial charge in [0, 0.05) is 45.6 Å². The maximum absolute atomic E-state index is 14.8. The molecule has 0 N–H and O–H groups in total. The summed E-state index contributed by atoms with van der Waals surface area (Å²) in [6, 6.07) is 21.7. The lowest BCUT2D eigenvalue weighted by Gasteiger charge is -2.21. The fourth-order valence-corrected chi connectivity index (χ4v) is 4.83. The first kappa shape index (κ1) is 22.2. The van der Waals surface area contributed by atoms with Gasteiger partial charge in [0.05, 0.1) is 17.3 Å². The molecule has 1 aromatic heterocycles. The normalized spacial score (nSPS) is 15.6. The third-order valence-corrected chi connectivity index (χ3v) is 6.45. The molecule has 4 aromatic rings. The molecule has 0 saturated heterocycles. The number of amides is 1. The largest absolute Gasteiger partial charge is 0.273 e. The fourth-order valence-electron chi connectivity index (χ4n) is 4.66. The van der Waals surface area contributed by atoms with Gasteiger partial charge in [-0.3, -0.25) is 9.78 Å². The Labute approximate surface area is 202 Å². The Bertz CT molecular complexity index is 1430. The van der Waals surface area contributed by atoms with Gasteiger partial charge in [-0.15, -0.1) is 0 Å². The van der Waals surface area contributed by atoms with E-state index in [2.05, 4.69) is 0 Å². The lowest BCUT2D eigenvalue weighted by Crippen LogP contribution is -2.26. The summed E-state index contributed by atoms with van der Waals surface area (Å²) in [5.41, 5.74) is 5.61. The molecule has 0 fully saturated rings. The Hall–Kier alpha value is -3.57. The number of halogens is 2. The highest BCUT2D eigenvalue weighted by Gasteiger charge is 2.35. The second-order valence-corrected chi connectivity index (χ2v) is 8.79. The molecule has 4 nitrogen and oxygen atoms in total. The van der Waals surface area contributed by atoms with Crippen LogP contribution in [0, 0.1) is 12.7 Å². The molecule has 170 valence electrons. The Morgan fingerprint density at radius 3 is 2.53 bits per heavy atom. The second kappa shape index (κ2) is 8.99. The van der Waals surface area contributed by atoms with Crippen molar-refractivity contribution in [1.82, 2.24) is 9.99 Å². The predicted molar refractivity (Wildman–Crippen MR) is 134 cm³/mol. The Balaban J connectivity index is 1.75. The molecule has 0 saturated carbocycles. The maximum atomic E-state index is 14.8. The molecule has 5 rings (SSSR count). The highest BCUT2D eigenvalue weighted by molar-refractivity contribution is 6.31. The number of aryl methyl sites for hydroxylation is 1. The van der Waals surface area contributed by atoms with E-state index in [1.807, 2.05) is 55.5 Å². The molecular formula is C28H23ClFN3O. The van der Waals surface area contributed by atoms with E-state index in [1.165, 1.54) is 11.1 Å². The molecule has 1 amide bonds. The van der Waals surface area contributed by atoms with Crippen molar-refractivity contribution in [2.24, 2.45) is 5.10 Å². The first-order valence-corrected chi connectivity index (χ1v) is 11.6. The quantitative estimate of drug-likeness (QED) is 0.319. The Morgan fingerprint density at radius 1 is 1.06 bits per heavy atom. The molecule has 0 bridgehead atoms. The average Bonchev–Trinajstić information content (AvgIpc) is 3.28. The molecule has 0 spiro atoms. The van der Waals surface area contributed by atoms with Gasteiger partial charge in [0.25, 0.3) is 0 Å². The van der Waals surface area contributed by atoms with Crippen molar-refractivity contribution in [2.75, 3.05) is 0 Å². The van der Waals surface area contributed by atoms with Gasteiger partial charge in [-0.1, -0.05) is 67.1 Å². The standard InChI is InChI=1S/C28H23ClFN3O/c1-3-26(34)33-25(20-11-7-8-12-22(20)30)16-24(32-33)27-17(2)31-23-14-13-19(29)15-21(23)28(27)18-9-5-4-6-10-18/h4-15,25H,3,16H2,1-2H3/t25-/m1/s1. The van der Waals surface area contributed by atoms with Crippen molar-refractivity contribution in [1.29, 1.82) is 0 Å². The number of pyridine rings is 1. The number of fused-ring (bicyclic) bond motifs is 1. The summed E-state index contributed by atoms with van der Waals surface area (Å²) < 4.78 is 14.8. The molecule has 3 aromatic carbocycles. The lowest BCUT2D eigenvalue weighted by atomic mass is 9.89. The van der Waals surface area contributed by atoms with Crippen LogP contribution in [0.2, 0.25) is 5.02 Å². The summed E-state index contributed by atoms with van der Waals surface area (Å²) in [5, 5.41) is 7.72. The minimum atomic E-state index is -0.512. The molecule has 1 aliphatic heterocycles. The van der Waals surface area contributed by atoms with E-state index in [0.29, 0.717) is 22.7 Å². The first-order chi connectivity index (χ1) is 16.5. The second-order valence-electron chi connectivity index (χ2n) is 8.35. The van der Waals surface area contributed by atoms with Crippen molar-refractivity contribution in [3.8, 4) is 11.1 Å². The first-order valence-electron chi connectivity index (χ1n) is 11.3. The summed E-state index contributed by atoms with van der Waals surface area (Å²) in [4.78, 5) is 17.7. The summed E-state index contributed by atoms with van der Waals surface area (Å²) in [5.74, 6) is -0.500. The van der Waals surface area contributed by atoms with Gasteiger partial charge < -0.3 is 0 Å². The minimum absolute atomic E-state index is 0.154. The van der Waals surface area contributed by atoms with Crippen molar-refractivity contribution >= 4 is 34.1 Å². The molecule has 34 heavy (non-hydrogen) atoms. The Morgan fingerprint density at radius 2 is 1.79 bits per heavy atom. The minimum Gasteiger partial charge on any atom is -0.273 e. The van der Waals surface area contributed by atoms with Gasteiger partial charge in [-0.2, -0.15) is 5.10 Å². The van der Waals surface area contributed by atoms with Gasteiger partial charge in [0.1, 0.15) is 5.82 Å². The maximum Gasteiger partial charge on any atom is 0.242 e. The highest BCUT2D eigenvalue weighted by Crippen LogP contribution is 2.40. The number of hydrazone groups is 1. The van der Waals surface area contributed by atoms with E-state index >= 15 is 0 Å². The number of hydrogen-bond acceptors (Lipinski definition) is 3. The zero-order chi connectivity index (χ0) is 23.8. The van der Waals surface area contributed by atoms with E-state index in [9.17, 15) is 9.18 Å². The zero-order valence-corrected chi connectivity index (χ0v) is 19.7. The van der Waals surface area contributed by atoms with Crippen LogP contribution in [0.15, 0.2) is 77.9 Å². The monoisotopic (exact) mass is 471 g/mol. The van der Waals surface area contributed by atoms with Gasteiger partial charge in [0.2, 0.25) is 5.91 Å². The van der Waals surface area contributed by atoms with Crippen molar-refractivity contribution < 1.29 is 9.18 Å². The average molecular weight is 472 g/mol. The lowest BCUT2D eigenvalue weighted by molar-refractivity contribution is -0.132. The van der Waals surface area contributed by atoms with Gasteiger partial charge >= 0.3 is 0 Å². The molecule has 0 radical (unpaired) electrons. The molecule has 1 atom stereocenters. The van der Waals surface area contributed by atoms with E-state index < -0.39 is 6.04 Å². The molecular weight excluding hydrogens is 449 g/mol. The molecule has 2 heterocycles. The molecule has 0 unspecified atom stereocenters. The topological polar surface area (TPSA) is 45.6 Å². The van der Waals surface area contributed by atoms with E-state index in [0.717, 1.165) is 33.3 Å². The van der Waals surface area contributed by atoms with E-state index in [4.69, 9.17) is 21.7 Å². The van der Waals surface area contributed by atoms with Crippen molar-refractivity contribution in [3.05, 3.63) is 100 Å². The number of aromatic nitrogens is 1. The summed E-state index contributed by atoms with van der Waals surface area (Å²) in [6.07, 6.45) is 0.666. The van der Waals surface area contributed by atoms with Gasteiger partial charge in [-0.25, -0.2) is 9.40 Å².